The molecule has 0 aromatic carbocycles. The van der Waals surface area contributed by atoms with Gasteiger partial charge < -0.3 is 20.3 Å². The Hall–Kier alpha value is -1.63. The monoisotopic (exact) mass is 245 g/mol. The van der Waals surface area contributed by atoms with Gasteiger partial charge in [0.05, 0.1) is 13.7 Å². The molecule has 0 rings (SSSR count). The molecule has 0 fully saturated rings. The van der Waals surface area contributed by atoms with Gasteiger partial charge in [-0.1, -0.05) is 0 Å². The lowest BCUT2D eigenvalue weighted by molar-refractivity contribution is -0.144. The Balaban J connectivity index is 4.13. The van der Waals surface area contributed by atoms with Gasteiger partial charge in [0.2, 0.25) is 11.8 Å². The molecule has 0 aliphatic carbocycles. The van der Waals surface area contributed by atoms with Gasteiger partial charge in [0.25, 0.3) is 0 Å². The van der Waals surface area contributed by atoms with Crippen molar-refractivity contribution in [3.05, 3.63) is 0 Å². The Labute approximate surface area is 100 Å². The Morgan fingerprint density at radius 3 is 2.29 bits per heavy atom. The molecule has 0 bridgehead atoms. The van der Waals surface area contributed by atoms with E-state index < -0.39 is 12.0 Å². The maximum atomic E-state index is 11.3. The maximum Gasteiger partial charge on any atom is 0.329 e. The molecule has 7 nitrogen and oxygen atoms in total. The van der Waals surface area contributed by atoms with Gasteiger partial charge in [0.1, 0.15) is 6.04 Å². The maximum absolute atomic E-state index is 11.3. The van der Waals surface area contributed by atoms with Crippen LogP contribution in [0.1, 0.15) is 6.92 Å². The molecular weight excluding hydrogens is 226 g/mol. The summed E-state index contributed by atoms with van der Waals surface area (Å²) in [6.07, 6.45) is 0. The van der Waals surface area contributed by atoms with Gasteiger partial charge in [-0.3, -0.25) is 9.59 Å². The molecule has 98 valence electrons. The van der Waals surface area contributed by atoms with E-state index in [9.17, 15) is 14.4 Å². The predicted octanol–water partition coefficient (Wildman–Crippen LogP) is -1.66. The number of hydrogen-bond donors (Lipinski definition) is 2. The summed E-state index contributed by atoms with van der Waals surface area (Å²) in [7, 11) is 4.51. The summed E-state index contributed by atoms with van der Waals surface area (Å²) in [5.41, 5.74) is 0. The van der Waals surface area contributed by atoms with E-state index in [1.165, 1.54) is 18.9 Å². The zero-order valence-corrected chi connectivity index (χ0v) is 10.6. The molecule has 0 saturated heterocycles. The minimum atomic E-state index is -0.785. The van der Waals surface area contributed by atoms with Crippen LogP contribution < -0.4 is 10.6 Å². The number of nitrogens with one attached hydrogen (secondary N) is 2. The van der Waals surface area contributed by atoms with E-state index in [2.05, 4.69) is 15.4 Å². The summed E-state index contributed by atoms with van der Waals surface area (Å²) in [5, 5.41) is 5.21. The lowest BCUT2D eigenvalue weighted by Gasteiger charge is -2.17. The molecule has 7 heteroatoms. The topological polar surface area (TPSA) is 87.7 Å². The van der Waals surface area contributed by atoms with Gasteiger partial charge in [-0.15, -0.1) is 0 Å². The highest BCUT2D eigenvalue weighted by atomic mass is 16.5. The Kier molecular flexibility index (Phi) is 6.88. The first-order valence-electron chi connectivity index (χ1n) is 5.14. The second-order valence-electron chi connectivity index (χ2n) is 3.70. The third-order valence-corrected chi connectivity index (χ3v) is 1.99. The normalized spacial score (nSPS) is 11.5. The number of esters is 1. The number of hydrogen-bond acceptors (Lipinski definition) is 5. The first-order chi connectivity index (χ1) is 7.88. The Bertz CT molecular complexity index is 291. The first kappa shape index (κ1) is 15.4. The number of carbonyl (C=O) groups is 3. The minimum absolute atomic E-state index is 0.0973. The van der Waals surface area contributed by atoms with Gasteiger partial charge in [-0.25, -0.2) is 4.79 Å². The van der Waals surface area contributed by atoms with Gasteiger partial charge in [-0.05, 0) is 0 Å². The van der Waals surface area contributed by atoms with E-state index in [1.807, 2.05) is 0 Å². The molecule has 0 aromatic rings. The minimum Gasteiger partial charge on any atom is -0.467 e. The summed E-state index contributed by atoms with van der Waals surface area (Å²) in [4.78, 5) is 34.8. The highest BCUT2D eigenvalue weighted by Crippen LogP contribution is 1.87. The van der Waals surface area contributed by atoms with Crippen LogP contribution in [0.5, 0.6) is 0 Å². The second-order valence-corrected chi connectivity index (χ2v) is 3.70. The van der Waals surface area contributed by atoms with Crippen molar-refractivity contribution < 1.29 is 19.1 Å². The zero-order chi connectivity index (χ0) is 13.4. The summed E-state index contributed by atoms with van der Waals surface area (Å²) >= 11 is 0. The van der Waals surface area contributed by atoms with Crippen LogP contribution in [0.4, 0.5) is 0 Å². The lowest BCUT2D eigenvalue weighted by Crippen LogP contribution is -2.48. The van der Waals surface area contributed by atoms with E-state index in [4.69, 9.17) is 0 Å². The molecule has 17 heavy (non-hydrogen) atoms. The van der Waals surface area contributed by atoms with E-state index in [0.29, 0.717) is 0 Å². The van der Waals surface area contributed by atoms with Crippen molar-refractivity contribution in [2.24, 2.45) is 0 Å². The van der Waals surface area contributed by atoms with E-state index in [0.717, 1.165) is 0 Å². The molecule has 0 spiro atoms. The number of rotatable bonds is 6. The Morgan fingerprint density at radius 1 is 1.29 bits per heavy atom. The molecule has 0 saturated carbocycles. The first-order valence-corrected chi connectivity index (χ1v) is 5.14. The van der Waals surface area contributed by atoms with Crippen molar-refractivity contribution in [1.82, 2.24) is 15.5 Å². The standard InChI is InChI=1S/C10H19N3O4/c1-7(14)12-8(10(16)17-4)5-11-6-9(15)13(2)3/h8,11H,5-6H2,1-4H3,(H,12,14). The van der Waals surface area contributed by atoms with Crippen LogP contribution in [-0.4, -0.2) is 63.0 Å². The van der Waals surface area contributed by atoms with Crippen molar-refractivity contribution >= 4 is 17.8 Å². The summed E-state index contributed by atoms with van der Waals surface area (Å²) in [6.45, 7) is 1.55. The molecule has 0 aliphatic rings. The van der Waals surface area contributed by atoms with Gasteiger partial charge in [0.15, 0.2) is 0 Å². The molecule has 0 heterocycles. The number of amides is 2. The predicted molar refractivity (Wildman–Crippen MR) is 61.2 cm³/mol. The molecule has 2 N–H and O–H groups in total. The average molecular weight is 245 g/mol. The Morgan fingerprint density at radius 2 is 1.88 bits per heavy atom. The van der Waals surface area contributed by atoms with Gasteiger partial charge >= 0.3 is 5.97 Å². The van der Waals surface area contributed by atoms with Crippen LogP contribution in [0.3, 0.4) is 0 Å². The summed E-state index contributed by atoms with van der Waals surface area (Å²) in [6, 6.07) is -0.785. The fourth-order valence-electron chi connectivity index (χ4n) is 1.06. The number of likely N-dealkylation sites (N-methyl/N-ethyl adjacent to an activating group) is 1. The van der Waals surface area contributed by atoms with Crippen molar-refractivity contribution in [3.8, 4) is 0 Å². The zero-order valence-electron chi connectivity index (χ0n) is 10.6. The van der Waals surface area contributed by atoms with Gasteiger partial charge in [-0.2, -0.15) is 0 Å². The van der Waals surface area contributed by atoms with Crippen molar-refractivity contribution in [3.63, 3.8) is 0 Å². The number of carbonyl (C=O) groups excluding carboxylic acids is 3. The highest BCUT2D eigenvalue weighted by Gasteiger charge is 2.19. The summed E-state index contributed by atoms with van der Waals surface area (Å²) in [5.74, 6) is -0.998. The van der Waals surface area contributed by atoms with Crippen molar-refractivity contribution in [1.29, 1.82) is 0 Å². The molecule has 1 atom stereocenters. The van der Waals surface area contributed by atoms with E-state index in [-0.39, 0.29) is 24.9 Å². The fourth-order valence-corrected chi connectivity index (χ4v) is 1.06. The van der Waals surface area contributed by atoms with Crippen LogP contribution in [0.15, 0.2) is 0 Å². The second kappa shape index (κ2) is 7.61. The average Bonchev–Trinajstić information content (AvgIpc) is 2.25. The van der Waals surface area contributed by atoms with Crippen LogP contribution in [0, 0.1) is 0 Å². The number of methoxy groups -OCH3 is 1. The summed E-state index contributed by atoms with van der Waals surface area (Å²) < 4.78 is 4.53. The lowest BCUT2D eigenvalue weighted by atomic mass is 10.3. The van der Waals surface area contributed by atoms with E-state index >= 15 is 0 Å². The van der Waals surface area contributed by atoms with Crippen molar-refractivity contribution in [2.45, 2.75) is 13.0 Å². The third kappa shape index (κ3) is 6.52. The largest absolute Gasteiger partial charge is 0.467 e. The molecular formula is C10H19N3O4. The van der Waals surface area contributed by atoms with Crippen LogP contribution in [0.2, 0.25) is 0 Å². The third-order valence-electron chi connectivity index (χ3n) is 1.99. The quantitative estimate of drug-likeness (QED) is 0.547. The van der Waals surface area contributed by atoms with Crippen LogP contribution >= 0.6 is 0 Å². The fraction of sp³-hybridized carbons (Fsp3) is 0.700. The molecule has 0 aliphatic heterocycles. The smallest absolute Gasteiger partial charge is 0.329 e. The van der Waals surface area contributed by atoms with Crippen LogP contribution in [0.25, 0.3) is 0 Å². The SMILES string of the molecule is COC(=O)C(CNCC(=O)N(C)C)NC(C)=O. The molecule has 0 aromatic heterocycles. The number of ether oxygens (including phenoxy) is 1. The molecule has 1 unspecified atom stereocenters. The highest BCUT2D eigenvalue weighted by molar-refractivity contribution is 5.83. The van der Waals surface area contributed by atoms with E-state index in [1.54, 1.807) is 14.1 Å². The molecule has 2 amide bonds. The van der Waals surface area contributed by atoms with Crippen molar-refractivity contribution in [2.75, 3.05) is 34.3 Å². The van der Waals surface area contributed by atoms with Gasteiger partial charge in [0, 0.05) is 27.6 Å². The molecule has 0 radical (unpaired) electrons. The number of nitrogens with zero attached hydrogens (tertiary/aromatic N) is 1. The van der Waals surface area contributed by atoms with Crippen LogP contribution in [-0.2, 0) is 19.1 Å².